The first-order chi connectivity index (χ1) is 17.6. The van der Waals surface area contributed by atoms with Crippen LogP contribution in [0.5, 0.6) is 5.75 Å². The molecule has 182 valence electrons. The Kier molecular flexibility index (Phi) is 6.75. The molecule has 1 aromatic heterocycles. The lowest BCUT2D eigenvalue weighted by Crippen LogP contribution is -2.41. The van der Waals surface area contributed by atoms with Crippen LogP contribution < -0.4 is 10.1 Å². The van der Waals surface area contributed by atoms with E-state index in [4.69, 9.17) is 4.74 Å². The lowest BCUT2D eigenvalue weighted by atomic mass is 9.95. The number of methoxy groups -OCH3 is 1. The number of rotatable bonds is 6. The number of anilines is 1. The minimum absolute atomic E-state index is 0.0653. The summed E-state index contributed by atoms with van der Waals surface area (Å²) in [7, 11) is 1.57. The molecule has 2 heterocycles. The van der Waals surface area contributed by atoms with Gasteiger partial charge in [0.25, 0.3) is 5.91 Å². The Balaban J connectivity index is 1.30. The highest BCUT2D eigenvalue weighted by molar-refractivity contribution is 5.95. The third-order valence-corrected chi connectivity index (χ3v) is 6.35. The fraction of sp³-hybridized carbons (Fsp3) is 0.214. The van der Waals surface area contributed by atoms with E-state index >= 15 is 0 Å². The first kappa shape index (κ1) is 23.3. The van der Waals surface area contributed by atoms with Gasteiger partial charge in [0.1, 0.15) is 5.75 Å². The fourth-order valence-electron chi connectivity index (χ4n) is 4.39. The molecule has 0 saturated carbocycles. The largest absolute Gasteiger partial charge is 0.495 e. The molecule has 0 atom stereocenters. The Morgan fingerprint density at radius 1 is 0.889 bits per heavy atom. The summed E-state index contributed by atoms with van der Waals surface area (Å²) in [5.74, 6) is 0.891. The highest BCUT2D eigenvalue weighted by Gasteiger charge is 2.30. The summed E-state index contributed by atoms with van der Waals surface area (Å²) in [6.45, 7) is 0.923. The number of amides is 2. The Morgan fingerprint density at radius 2 is 1.53 bits per heavy atom. The van der Waals surface area contributed by atoms with Crippen LogP contribution in [0.2, 0.25) is 0 Å². The topological polar surface area (TPSA) is 89.4 Å². The first-order valence-electron chi connectivity index (χ1n) is 11.9. The van der Waals surface area contributed by atoms with Crippen LogP contribution in [0.25, 0.3) is 17.1 Å². The van der Waals surface area contributed by atoms with Gasteiger partial charge < -0.3 is 15.0 Å². The third kappa shape index (κ3) is 4.84. The van der Waals surface area contributed by atoms with Gasteiger partial charge in [0, 0.05) is 24.6 Å². The van der Waals surface area contributed by atoms with Crippen LogP contribution in [-0.4, -0.2) is 51.7 Å². The average molecular weight is 482 g/mol. The molecule has 1 saturated heterocycles. The Bertz CT molecular complexity index is 1290. The van der Waals surface area contributed by atoms with Crippen molar-refractivity contribution < 1.29 is 14.3 Å². The second kappa shape index (κ2) is 10.4. The molecule has 4 aromatic rings. The summed E-state index contributed by atoms with van der Waals surface area (Å²) >= 11 is 0. The van der Waals surface area contributed by atoms with Gasteiger partial charge in [-0.25, -0.2) is 9.67 Å². The fourth-order valence-corrected chi connectivity index (χ4v) is 4.39. The SMILES string of the molecule is COc1ccccc1NC(=O)C1CCN(C(=O)c2nc(-c3ccccc3)n(-c3ccccc3)n2)CC1. The Morgan fingerprint density at radius 3 is 2.22 bits per heavy atom. The van der Waals surface area contributed by atoms with Crippen LogP contribution >= 0.6 is 0 Å². The maximum Gasteiger partial charge on any atom is 0.293 e. The summed E-state index contributed by atoms with van der Waals surface area (Å²) in [5.41, 5.74) is 2.35. The lowest BCUT2D eigenvalue weighted by molar-refractivity contribution is -0.121. The van der Waals surface area contributed by atoms with E-state index in [1.165, 1.54) is 0 Å². The molecule has 8 heteroatoms. The molecule has 1 aliphatic heterocycles. The predicted octanol–water partition coefficient (Wildman–Crippen LogP) is 4.43. The lowest BCUT2D eigenvalue weighted by Gasteiger charge is -2.30. The van der Waals surface area contributed by atoms with E-state index in [0.29, 0.717) is 43.2 Å². The van der Waals surface area contributed by atoms with Crippen molar-refractivity contribution in [2.75, 3.05) is 25.5 Å². The quantitative estimate of drug-likeness (QED) is 0.440. The minimum atomic E-state index is -0.231. The second-order valence-electron chi connectivity index (χ2n) is 8.63. The Hall–Kier alpha value is -4.46. The Labute approximate surface area is 209 Å². The number of piperidine rings is 1. The minimum Gasteiger partial charge on any atom is -0.495 e. The van der Waals surface area contributed by atoms with Gasteiger partial charge in [-0.15, -0.1) is 5.10 Å². The molecule has 0 unspecified atom stereocenters. The number of ether oxygens (including phenoxy) is 1. The molecule has 3 aromatic carbocycles. The zero-order chi connectivity index (χ0) is 24.9. The van der Waals surface area contributed by atoms with E-state index in [1.807, 2.05) is 84.9 Å². The van der Waals surface area contributed by atoms with Crippen LogP contribution in [0.1, 0.15) is 23.5 Å². The number of nitrogens with one attached hydrogen (secondary N) is 1. The number of nitrogens with zero attached hydrogens (tertiary/aromatic N) is 4. The van der Waals surface area contributed by atoms with Crippen molar-refractivity contribution in [3.05, 3.63) is 90.8 Å². The van der Waals surface area contributed by atoms with Gasteiger partial charge in [-0.2, -0.15) is 0 Å². The van der Waals surface area contributed by atoms with Crippen molar-refractivity contribution in [3.8, 4) is 22.8 Å². The molecule has 2 amide bonds. The molecule has 8 nitrogen and oxygen atoms in total. The highest BCUT2D eigenvalue weighted by atomic mass is 16.5. The van der Waals surface area contributed by atoms with Gasteiger partial charge in [0.15, 0.2) is 5.82 Å². The number of para-hydroxylation sites is 3. The molecule has 0 aliphatic carbocycles. The highest BCUT2D eigenvalue weighted by Crippen LogP contribution is 2.27. The van der Waals surface area contributed by atoms with Crippen molar-refractivity contribution in [3.63, 3.8) is 0 Å². The molecular weight excluding hydrogens is 454 g/mol. The molecule has 1 N–H and O–H groups in total. The normalized spacial score (nSPS) is 13.9. The van der Waals surface area contributed by atoms with Crippen molar-refractivity contribution >= 4 is 17.5 Å². The predicted molar refractivity (Wildman–Crippen MR) is 137 cm³/mol. The second-order valence-corrected chi connectivity index (χ2v) is 8.63. The molecule has 5 rings (SSSR count). The van der Waals surface area contributed by atoms with Gasteiger partial charge in [-0.1, -0.05) is 60.7 Å². The van der Waals surface area contributed by atoms with Crippen molar-refractivity contribution in [1.29, 1.82) is 0 Å². The molecular formula is C28H27N5O3. The van der Waals surface area contributed by atoms with E-state index in [1.54, 1.807) is 16.7 Å². The van der Waals surface area contributed by atoms with Gasteiger partial charge in [-0.3, -0.25) is 9.59 Å². The summed E-state index contributed by atoms with van der Waals surface area (Å²) in [5, 5.41) is 7.54. The molecule has 36 heavy (non-hydrogen) atoms. The number of carbonyl (C=O) groups excluding carboxylic acids is 2. The monoisotopic (exact) mass is 481 g/mol. The number of hydrogen-bond donors (Lipinski definition) is 1. The third-order valence-electron chi connectivity index (χ3n) is 6.35. The van der Waals surface area contributed by atoms with Crippen LogP contribution in [0.15, 0.2) is 84.9 Å². The summed E-state index contributed by atoms with van der Waals surface area (Å²) < 4.78 is 7.03. The summed E-state index contributed by atoms with van der Waals surface area (Å²) in [6, 6.07) is 26.7. The number of carbonyl (C=O) groups is 2. The van der Waals surface area contributed by atoms with E-state index in [0.717, 1.165) is 11.3 Å². The molecule has 1 fully saturated rings. The molecule has 0 bridgehead atoms. The average Bonchev–Trinajstić information content (AvgIpc) is 3.40. The van der Waals surface area contributed by atoms with E-state index in [-0.39, 0.29) is 23.6 Å². The zero-order valence-corrected chi connectivity index (χ0v) is 20.0. The molecule has 0 spiro atoms. The zero-order valence-electron chi connectivity index (χ0n) is 20.0. The van der Waals surface area contributed by atoms with E-state index < -0.39 is 0 Å². The van der Waals surface area contributed by atoms with Crippen LogP contribution in [0, 0.1) is 5.92 Å². The standard InChI is InChI=1S/C28H27N5O3/c1-36-24-15-9-8-14-23(24)29-27(34)21-16-18-32(19-17-21)28(35)25-30-26(20-10-4-2-5-11-20)33(31-25)22-12-6-3-7-13-22/h2-15,21H,16-19H2,1H3,(H,29,34). The molecule has 0 radical (unpaired) electrons. The first-order valence-corrected chi connectivity index (χ1v) is 11.9. The van der Waals surface area contributed by atoms with Gasteiger partial charge in [0.2, 0.25) is 11.7 Å². The summed E-state index contributed by atoms with van der Waals surface area (Å²) in [4.78, 5) is 32.6. The number of likely N-dealkylation sites (tertiary alicyclic amines) is 1. The van der Waals surface area contributed by atoms with E-state index in [9.17, 15) is 9.59 Å². The smallest absolute Gasteiger partial charge is 0.293 e. The maximum atomic E-state index is 13.3. The molecule has 1 aliphatic rings. The van der Waals surface area contributed by atoms with Crippen LogP contribution in [-0.2, 0) is 4.79 Å². The van der Waals surface area contributed by atoms with Gasteiger partial charge >= 0.3 is 0 Å². The van der Waals surface area contributed by atoms with Gasteiger partial charge in [-0.05, 0) is 37.1 Å². The van der Waals surface area contributed by atoms with Crippen molar-refractivity contribution in [2.24, 2.45) is 5.92 Å². The van der Waals surface area contributed by atoms with Crippen molar-refractivity contribution in [2.45, 2.75) is 12.8 Å². The summed E-state index contributed by atoms with van der Waals surface area (Å²) in [6.07, 6.45) is 1.13. The number of hydrogen-bond acceptors (Lipinski definition) is 5. The van der Waals surface area contributed by atoms with Crippen LogP contribution in [0.3, 0.4) is 0 Å². The van der Waals surface area contributed by atoms with Crippen LogP contribution in [0.4, 0.5) is 5.69 Å². The van der Waals surface area contributed by atoms with Gasteiger partial charge in [0.05, 0.1) is 18.5 Å². The number of benzene rings is 3. The maximum absolute atomic E-state index is 13.3. The van der Waals surface area contributed by atoms with E-state index in [2.05, 4.69) is 15.4 Å². The number of aromatic nitrogens is 3. The van der Waals surface area contributed by atoms with Crippen molar-refractivity contribution in [1.82, 2.24) is 19.7 Å².